The lowest BCUT2D eigenvalue weighted by atomic mass is 9.92. The summed E-state index contributed by atoms with van der Waals surface area (Å²) >= 11 is 7.29. The smallest absolute Gasteiger partial charge is 0.266 e. The summed E-state index contributed by atoms with van der Waals surface area (Å²) in [6.45, 7) is 7.32. The Labute approximate surface area is 206 Å². The number of aromatic nitrogens is 2. The zero-order valence-corrected chi connectivity index (χ0v) is 21.1. The van der Waals surface area contributed by atoms with Crippen molar-refractivity contribution in [3.63, 3.8) is 0 Å². The minimum atomic E-state index is -0.361. The molecule has 1 fully saturated rings. The van der Waals surface area contributed by atoms with Gasteiger partial charge in [0.15, 0.2) is 0 Å². The molecule has 0 aliphatic carbocycles. The van der Waals surface area contributed by atoms with Crippen LogP contribution in [0.5, 0.6) is 5.75 Å². The molecule has 0 bridgehead atoms. The molecule has 2 atom stereocenters. The molecule has 1 N–H and O–H groups in total. The summed E-state index contributed by atoms with van der Waals surface area (Å²) in [5.41, 5.74) is 0.724. The third kappa shape index (κ3) is 4.81. The second kappa shape index (κ2) is 9.76. The van der Waals surface area contributed by atoms with E-state index in [9.17, 15) is 14.4 Å². The number of methoxy groups -OCH3 is 1. The average molecular weight is 503 g/mol. The molecule has 0 unspecified atom stereocenters. The van der Waals surface area contributed by atoms with Crippen molar-refractivity contribution in [2.75, 3.05) is 25.5 Å². The van der Waals surface area contributed by atoms with Crippen molar-refractivity contribution in [1.29, 1.82) is 0 Å². The first-order valence-electron chi connectivity index (χ1n) is 11.1. The standard InChI is InChI=1S/C24H27ClN4O4S/c1-13-7-14(2)10-28(9-13)19(30)11-29-12-26-23-20(24(29)32)15(3)21(34-23)22(31)27-16-5-6-18(33-4)17(25)8-16/h5-6,8,12-14H,7,9-11H2,1-4H3,(H,27,31)/t13-,14+. The molecular formula is C24H27ClN4O4S. The number of piperidine rings is 1. The van der Waals surface area contributed by atoms with Crippen LogP contribution < -0.4 is 15.6 Å². The van der Waals surface area contributed by atoms with Crippen molar-refractivity contribution < 1.29 is 14.3 Å². The zero-order valence-electron chi connectivity index (χ0n) is 19.6. The van der Waals surface area contributed by atoms with Gasteiger partial charge < -0.3 is 15.0 Å². The summed E-state index contributed by atoms with van der Waals surface area (Å²) in [5, 5.41) is 3.54. The third-order valence-corrected chi connectivity index (χ3v) is 7.55. The number of aryl methyl sites for hydroxylation is 1. The van der Waals surface area contributed by atoms with Crippen molar-refractivity contribution in [1.82, 2.24) is 14.5 Å². The van der Waals surface area contributed by atoms with Gasteiger partial charge in [-0.1, -0.05) is 25.4 Å². The highest BCUT2D eigenvalue weighted by Gasteiger charge is 2.26. The Bertz CT molecular complexity index is 1310. The number of nitrogens with one attached hydrogen (secondary N) is 1. The number of thiophene rings is 1. The van der Waals surface area contributed by atoms with E-state index in [-0.39, 0.29) is 23.9 Å². The first kappa shape index (κ1) is 24.2. The number of hydrogen-bond acceptors (Lipinski definition) is 6. The maximum absolute atomic E-state index is 13.2. The van der Waals surface area contributed by atoms with E-state index in [1.165, 1.54) is 18.0 Å². The number of ether oxygens (including phenoxy) is 1. The Morgan fingerprint density at radius 3 is 2.62 bits per heavy atom. The topological polar surface area (TPSA) is 93.5 Å². The predicted molar refractivity (Wildman–Crippen MR) is 134 cm³/mol. The van der Waals surface area contributed by atoms with Crippen molar-refractivity contribution in [2.45, 2.75) is 33.7 Å². The highest BCUT2D eigenvalue weighted by atomic mass is 35.5. The monoisotopic (exact) mass is 502 g/mol. The minimum absolute atomic E-state index is 0.0671. The van der Waals surface area contributed by atoms with E-state index in [1.54, 1.807) is 25.1 Å². The van der Waals surface area contributed by atoms with Gasteiger partial charge in [-0.05, 0) is 48.9 Å². The average Bonchev–Trinajstić information content (AvgIpc) is 3.12. The Hall–Kier alpha value is -2.91. The number of nitrogens with zero attached hydrogens (tertiary/aromatic N) is 3. The van der Waals surface area contributed by atoms with Gasteiger partial charge in [0.25, 0.3) is 11.5 Å². The number of anilines is 1. The summed E-state index contributed by atoms with van der Waals surface area (Å²) < 4.78 is 6.47. The van der Waals surface area contributed by atoms with Crippen LogP contribution >= 0.6 is 22.9 Å². The fourth-order valence-electron chi connectivity index (χ4n) is 4.53. The van der Waals surface area contributed by atoms with Gasteiger partial charge in [-0.2, -0.15) is 0 Å². The van der Waals surface area contributed by atoms with Crippen molar-refractivity contribution in [3.8, 4) is 5.75 Å². The van der Waals surface area contributed by atoms with Crippen LogP contribution in [0, 0.1) is 18.8 Å². The maximum Gasteiger partial charge on any atom is 0.266 e. The molecule has 10 heteroatoms. The molecule has 0 saturated carbocycles. The summed E-state index contributed by atoms with van der Waals surface area (Å²) in [5.74, 6) is 0.922. The first-order chi connectivity index (χ1) is 16.2. The molecule has 8 nitrogen and oxygen atoms in total. The predicted octanol–water partition coefficient (Wildman–Crippen LogP) is 4.19. The number of rotatable bonds is 5. The number of carbonyl (C=O) groups is 2. The molecular weight excluding hydrogens is 476 g/mol. The van der Waals surface area contributed by atoms with Crippen LogP contribution in [0.25, 0.3) is 10.2 Å². The SMILES string of the molecule is COc1ccc(NC(=O)c2sc3ncn(CC(=O)N4C[C@H](C)C[C@H](C)C4)c(=O)c3c2C)cc1Cl. The van der Waals surface area contributed by atoms with Gasteiger partial charge in [-0.25, -0.2) is 4.98 Å². The fourth-order valence-corrected chi connectivity index (χ4v) is 5.82. The number of fused-ring (bicyclic) bond motifs is 1. The molecule has 2 amide bonds. The molecule has 0 radical (unpaired) electrons. The van der Waals surface area contributed by atoms with E-state index in [0.29, 0.717) is 62.0 Å². The number of hydrogen-bond donors (Lipinski definition) is 1. The molecule has 1 aromatic carbocycles. The van der Waals surface area contributed by atoms with Crippen LogP contribution in [0.3, 0.4) is 0 Å². The van der Waals surface area contributed by atoms with Crippen molar-refractivity contribution in [2.24, 2.45) is 11.8 Å². The molecule has 34 heavy (non-hydrogen) atoms. The van der Waals surface area contributed by atoms with Crippen LogP contribution in [0.2, 0.25) is 5.02 Å². The quantitative estimate of drug-likeness (QED) is 0.564. The molecule has 1 aliphatic heterocycles. The number of likely N-dealkylation sites (tertiary alicyclic amines) is 1. The number of benzene rings is 1. The first-order valence-corrected chi connectivity index (χ1v) is 12.3. The molecule has 2 aromatic heterocycles. The second-order valence-corrected chi connectivity index (χ2v) is 10.4. The lowest BCUT2D eigenvalue weighted by Crippen LogP contribution is -2.44. The van der Waals surface area contributed by atoms with Crippen LogP contribution in [0.15, 0.2) is 29.3 Å². The van der Waals surface area contributed by atoms with Crippen molar-refractivity contribution in [3.05, 3.63) is 50.3 Å². The van der Waals surface area contributed by atoms with Gasteiger partial charge in [0.05, 0.1) is 28.7 Å². The fraction of sp³-hybridized carbons (Fsp3) is 0.417. The number of halogens is 1. The van der Waals surface area contributed by atoms with Crippen LogP contribution in [0.4, 0.5) is 5.69 Å². The Balaban J connectivity index is 1.57. The molecule has 1 saturated heterocycles. The Kier molecular flexibility index (Phi) is 6.95. The van der Waals surface area contributed by atoms with E-state index in [1.807, 2.05) is 4.90 Å². The van der Waals surface area contributed by atoms with Crippen LogP contribution in [-0.4, -0.2) is 46.5 Å². The minimum Gasteiger partial charge on any atom is -0.495 e. The van der Waals surface area contributed by atoms with E-state index in [0.717, 1.165) is 17.8 Å². The largest absolute Gasteiger partial charge is 0.495 e. The molecule has 0 spiro atoms. The van der Waals surface area contributed by atoms with Crippen LogP contribution in [-0.2, 0) is 11.3 Å². The number of carbonyl (C=O) groups excluding carboxylic acids is 2. The number of amides is 2. The highest BCUT2D eigenvalue weighted by molar-refractivity contribution is 7.20. The van der Waals surface area contributed by atoms with Crippen molar-refractivity contribution >= 4 is 50.7 Å². The molecule has 1 aliphatic rings. The van der Waals surface area contributed by atoms with Gasteiger partial charge >= 0.3 is 0 Å². The van der Waals surface area contributed by atoms with E-state index < -0.39 is 0 Å². The van der Waals surface area contributed by atoms with E-state index in [2.05, 4.69) is 24.1 Å². The second-order valence-electron chi connectivity index (χ2n) is 8.96. The van der Waals surface area contributed by atoms with Gasteiger partial charge in [0.2, 0.25) is 5.91 Å². The summed E-state index contributed by atoms with van der Waals surface area (Å²) in [4.78, 5) is 46.1. The summed E-state index contributed by atoms with van der Waals surface area (Å²) in [7, 11) is 1.51. The van der Waals surface area contributed by atoms with E-state index >= 15 is 0 Å². The normalized spacial score (nSPS) is 18.2. The highest BCUT2D eigenvalue weighted by Crippen LogP contribution is 2.30. The lowest BCUT2D eigenvalue weighted by Gasteiger charge is -2.35. The van der Waals surface area contributed by atoms with Gasteiger partial charge in [-0.3, -0.25) is 19.0 Å². The van der Waals surface area contributed by atoms with Gasteiger partial charge in [0.1, 0.15) is 17.1 Å². The Morgan fingerprint density at radius 2 is 1.97 bits per heavy atom. The Morgan fingerprint density at radius 1 is 1.26 bits per heavy atom. The van der Waals surface area contributed by atoms with Crippen LogP contribution in [0.1, 0.15) is 35.5 Å². The van der Waals surface area contributed by atoms with Gasteiger partial charge in [-0.15, -0.1) is 11.3 Å². The molecule has 180 valence electrons. The summed E-state index contributed by atoms with van der Waals surface area (Å²) in [6, 6.07) is 4.95. The zero-order chi connectivity index (χ0) is 24.6. The maximum atomic E-state index is 13.2. The third-order valence-electron chi connectivity index (χ3n) is 6.06. The molecule has 3 heterocycles. The molecule has 3 aromatic rings. The van der Waals surface area contributed by atoms with E-state index in [4.69, 9.17) is 16.3 Å². The molecule has 4 rings (SSSR count). The van der Waals surface area contributed by atoms with Gasteiger partial charge in [0, 0.05) is 18.8 Å². The lowest BCUT2D eigenvalue weighted by molar-refractivity contribution is -0.134. The summed E-state index contributed by atoms with van der Waals surface area (Å²) in [6.07, 6.45) is 2.49.